The first kappa shape index (κ1) is 22.4. The van der Waals surface area contributed by atoms with E-state index in [0.717, 1.165) is 44.2 Å². The van der Waals surface area contributed by atoms with Crippen molar-refractivity contribution in [1.82, 2.24) is 10.2 Å². The van der Waals surface area contributed by atoms with Crippen molar-refractivity contribution in [3.8, 4) is 0 Å². The highest BCUT2D eigenvalue weighted by Gasteiger charge is 2.21. The second-order valence-electron chi connectivity index (χ2n) is 8.48. The Hall–Kier alpha value is -2.80. The number of hydrogen-bond donors (Lipinski definition) is 2. The highest BCUT2D eigenvalue weighted by atomic mass is 19.1. The van der Waals surface area contributed by atoms with Crippen LogP contribution >= 0.6 is 0 Å². The Kier molecular flexibility index (Phi) is 7.47. The standard InChI is InChI=1S/C25H34FN5O/c1-2-27-25(31-16-14-29(15-17-31)21-6-4-3-5-7-21)28-19-20-8-9-24(23(26)18-20)30-12-10-22(32)11-13-30/h3-9,18,22,32H,2,10-17,19H2,1H3,(H,27,28). The minimum Gasteiger partial charge on any atom is -0.393 e. The normalized spacial score (nSPS) is 18.2. The van der Waals surface area contributed by atoms with Gasteiger partial charge in [-0.05, 0) is 49.6 Å². The van der Waals surface area contributed by atoms with E-state index < -0.39 is 0 Å². The van der Waals surface area contributed by atoms with E-state index in [1.807, 2.05) is 23.1 Å². The lowest BCUT2D eigenvalue weighted by molar-refractivity contribution is 0.145. The van der Waals surface area contributed by atoms with Gasteiger partial charge in [-0.1, -0.05) is 24.3 Å². The van der Waals surface area contributed by atoms with Gasteiger partial charge in [0.15, 0.2) is 5.96 Å². The molecule has 2 aromatic carbocycles. The number of anilines is 2. The van der Waals surface area contributed by atoms with Crippen LogP contribution < -0.4 is 15.1 Å². The number of guanidine groups is 1. The molecule has 32 heavy (non-hydrogen) atoms. The number of aliphatic hydroxyl groups is 1. The topological polar surface area (TPSA) is 54.3 Å². The number of piperidine rings is 1. The smallest absolute Gasteiger partial charge is 0.194 e. The van der Waals surface area contributed by atoms with Gasteiger partial charge in [0.2, 0.25) is 0 Å². The molecule has 2 aliphatic rings. The molecule has 2 N–H and O–H groups in total. The van der Waals surface area contributed by atoms with Crippen LogP contribution in [-0.4, -0.2) is 67.9 Å². The maximum absolute atomic E-state index is 14.8. The molecule has 0 bridgehead atoms. The molecule has 0 spiro atoms. The lowest BCUT2D eigenvalue weighted by Crippen LogP contribution is -2.52. The van der Waals surface area contributed by atoms with E-state index in [1.165, 1.54) is 5.69 Å². The Morgan fingerprint density at radius 2 is 1.72 bits per heavy atom. The number of halogens is 1. The van der Waals surface area contributed by atoms with Gasteiger partial charge in [-0.25, -0.2) is 9.38 Å². The summed E-state index contributed by atoms with van der Waals surface area (Å²) in [6.45, 7) is 8.38. The molecular formula is C25H34FN5O. The van der Waals surface area contributed by atoms with Gasteiger partial charge in [0.05, 0.1) is 18.3 Å². The summed E-state index contributed by atoms with van der Waals surface area (Å²) in [5.74, 6) is 0.672. The summed E-state index contributed by atoms with van der Waals surface area (Å²) in [7, 11) is 0. The second-order valence-corrected chi connectivity index (χ2v) is 8.48. The van der Waals surface area contributed by atoms with E-state index in [0.29, 0.717) is 38.2 Å². The number of rotatable bonds is 5. The highest BCUT2D eigenvalue weighted by Crippen LogP contribution is 2.24. The molecule has 172 valence electrons. The first-order valence-electron chi connectivity index (χ1n) is 11.7. The fraction of sp³-hybridized carbons (Fsp3) is 0.480. The van der Waals surface area contributed by atoms with Crippen LogP contribution in [-0.2, 0) is 6.54 Å². The van der Waals surface area contributed by atoms with E-state index in [-0.39, 0.29) is 11.9 Å². The van der Waals surface area contributed by atoms with E-state index in [9.17, 15) is 9.50 Å². The number of piperazine rings is 1. The molecule has 0 radical (unpaired) electrons. The van der Waals surface area contributed by atoms with Crippen LogP contribution in [0.15, 0.2) is 53.5 Å². The van der Waals surface area contributed by atoms with Gasteiger partial charge < -0.3 is 25.1 Å². The largest absolute Gasteiger partial charge is 0.393 e. The van der Waals surface area contributed by atoms with Crippen LogP contribution in [0.3, 0.4) is 0 Å². The van der Waals surface area contributed by atoms with Gasteiger partial charge in [0.25, 0.3) is 0 Å². The minimum atomic E-state index is -0.262. The molecule has 0 saturated carbocycles. The van der Waals surface area contributed by atoms with Gasteiger partial charge >= 0.3 is 0 Å². The summed E-state index contributed by atoms with van der Waals surface area (Å²) in [5.41, 5.74) is 2.74. The van der Waals surface area contributed by atoms with Crippen LogP contribution in [0, 0.1) is 5.82 Å². The number of nitrogens with one attached hydrogen (secondary N) is 1. The quantitative estimate of drug-likeness (QED) is 0.554. The summed E-state index contributed by atoms with van der Waals surface area (Å²) in [6, 6.07) is 15.9. The summed E-state index contributed by atoms with van der Waals surface area (Å²) in [4.78, 5) is 11.5. The molecule has 2 fully saturated rings. The Morgan fingerprint density at radius 3 is 2.38 bits per heavy atom. The zero-order chi connectivity index (χ0) is 22.3. The van der Waals surface area contributed by atoms with Crippen molar-refractivity contribution in [2.45, 2.75) is 32.4 Å². The Labute approximate surface area is 190 Å². The van der Waals surface area contributed by atoms with Crippen molar-refractivity contribution in [3.05, 3.63) is 59.9 Å². The third-order valence-electron chi connectivity index (χ3n) is 6.26. The van der Waals surface area contributed by atoms with E-state index in [1.54, 1.807) is 6.07 Å². The average Bonchev–Trinajstić information content (AvgIpc) is 2.83. The molecule has 0 amide bonds. The molecule has 0 atom stereocenters. The van der Waals surface area contributed by atoms with Crippen LogP contribution in [0.1, 0.15) is 25.3 Å². The monoisotopic (exact) mass is 439 g/mol. The second kappa shape index (κ2) is 10.7. The molecule has 2 heterocycles. The van der Waals surface area contributed by atoms with Crippen molar-refractivity contribution in [3.63, 3.8) is 0 Å². The zero-order valence-electron chi connectivity index (χ0n) is 18.9. The van der Waals surface area contributed by atoms with Gasteiger partial charge in [-0.2, -0.15) is 0 Å². The predicted molar refractivity (Wildman–Crippen MR) is 129 cm³/mol. The maximum atomic E-state index is 14.8. The fourth-order valence-corrected chi connectivity index (χ4v) is 4.42. The summed E-state index contributed by atoms with van der Waals surface area (Å²) < 4.78 is 14.8. The number of hydrogen-bond acceptors (Lipinski definition) is 4. The van der Waals surface area contributed by atoms with Crippen molar-refractivity contribution in [2.75, 3.05) is 55.6 Å². The Morgan fingerprint density at radius 1 is 1.00 bits per heavy atom. The first-order valence-corrected chi connectivity index (χ1v) is 11.7. The number of benzene rings is 2. The van der Waals surface area contributed by atoms with Crippen LogP contribution in [0.2, 0.25) is 0 Å². The van der Waals surface area contributed by atoms with Gasteiger partial charge in [-0.3, -0.25) is 0 Å². The molecule has 2 aliphatic heterocycles. The van der Waals surface area contributed by atoms with Gasteiger partial charge in [0.1, 0.15) is 5.82 Å². The van der Waals surface area contributed by atoms with Crippen LogP contribution in [0.4, 0.5) is 15.8 Å². The lowest BCUT2D eigenvalue weighted by Gasteiger charge is -2.37. The van der Waals surface area contributed by atoms with Crippen LogP contribution in [0.25, 0.3) is 0 Å². The molecule has 0 aromatic heterocycles. The van der Waals surface area contributed by atoms with Crippen molar-refractivity contribution in [1.29, 1.82) is 0 Å². The molecule has 2 aromatic rings. The molecule has 4 rings (SSSR count). The van der Waals surface area contributed by atoms with Crippen molar-refractivity contribution < 1.29 is 9.50 Å². The number of aliphatic hydroxyl groups excluding tert-OH is 1. The molecule has 0 aliphatic carbocycles. The summed E-state index contributed by atoms with van der Waals surface area (Å²) in [5, 5.41) is 13.1. The molecule has 2 saturated heterocycles. The van der Waals surface area contributed by atoms with Gasteiger partial charge in [-0.15, -0.1) is 0 Å². The minimum absolute atomic E-state index is 0.212. The average molecular weight is 440 g/mol. The van der Waals surface area contributed by atoms with E-state index >= 15 is 0 Å². The summed E-state index contributed by atoms with van der Waals surface area (Å²) >= 11 is 0. The van der Waals surface area contributed by atoms with E-state index in [2.05, 4.69) is 46.3 Å². The highest BCUT2D eigenvalue weighted by molar-refractivity contribution is 5.80. The third-order valence-corrected chi connectivity index (χ3v) is 6.26. The zero-order valence-corrected chi connectivity index (χ0v) is 18.9. The molecule has 7 heteroatoms. The maximum Gasteiger partial charge on any atom is 0.194 e. The Balaban J connectivity index is 1.37. The molecular weight excluding hydrogens is 405 g/mol. The lowest BCUT2D eigenvalue weighted by atomic mass is 10.1. The van der Waals surface area contributed by atoms with Crippen LogP contribution in [0.5, 0.6) is 0 Å². The van der Waals surface area contributed by atoms with Crippen molar-refractivity contribution >= 4 is 17.3 Å². The number of aliphatic imine (C=N–C) groups is 1. The third kappa shape index (κ3) is 5.51. The van der Waals surface area contributed by atoms with Crippen molar-refractivity contribution in [2.24, 2.45) is 4.99 Å². The fourth-order valence-electron chi connectivity index (χ4n) is 4.42. The first-order chi connectivity index (χ1) is 15.6. The SMILES string of the molecule is CCNC(=NCc1ccc(N2CCC(O)CC2)c(F)c1)N1CCN(c2ccccc2)CC1. The van der Waals surface area contributed by atoms with Gasteiger partial charge in [0, 0.05) is 51.5 Å². The Bertz CT molecular complexity index is 890. The molecule has 6 nitrogen and oxygen atoms in total. The molecule has 0 unspecified atom stereocenters. The number of nitrogens with zero attached hydrogens (tertiary/aromatic N) is 4. The number of para-hydroxylation sites is 1. The predicted octanol–water partition coefficient (Wildman–Crippen LogP) is 3.07. The van der Waals surface area contributed by atoms with E-state index in [4.69, 9.17) is 4.99 Å². The summed E-state index contributed by atoms with van der Waals surface area (Å²) in [6.07, 6.45) is 1.12.